The zero-order valence-corrected chi connectivity index (χ0v) is 15.7. The van der Waals surface area contributed by atoms with Gasteiger partial charge in [0.1, 0.15) is 17.8 Å². The van der Waals surface area contributed by atoms with Crippen LogP contribution >= 0.6 is 0 Å². The second kappa shape index (κ2) is 9.01. The third-order valence-electron chi connectivity index (χ3n) is 4.21. The zero-order valence-electron chi connectivity index (χ0n) is 15.7. The summed E-state index contributed by atoms with van der Waals surface area (Å²) in [7, 11) is 3.19. The van der Waals surface area contributed by atoms with E-state index in [1.54, 1.807) is 38.5 Å². The fourth-order valence-electron chi connectivity index (χ4n) is 2.60. The Labute approximate surface area is 162 Å². The first kappa shape index (κ1) is 19.4. The highest BCUT2D eigenvalue weighted by molar-refractivity contribution is 5.90. The highest BCUT2D eigenvalue weighted by Gasteiger charge is 2.14. The molecule has 0 fully saturated rings. The van der Waals surface area contributed by atoms with Gasteiger partial charge < -0.3 is 19.9 Å². The highest BCUT2D eigenvalue weighted by Crippen LogP contribution is 2.18. The lowest BCUT2D eigenvalue weighted by Gasteiger charge is -2.11. The Hall–Kier alpha value is -3.39. The number of aromatic nitrogens is 3. The summed E-state index contributed by atoms with van der Waals surface area (Å²) in [5.74, 6) is 1.14. The number of hydrogen-bond donors (Lipinski definition) is 2. The molecule has 2 aromatic carbocycles. The van der Waals surface area contributed by atoms with Crippen LogP contribution in [0.4, 0.5) is 0 Å². The van der Waals surface area contributed by atoms with Crippen LogP contribution in [-0.4, -0.2) is 40.0 Å². The topological polar surface area (TPSA) is 98.5 Å². The maximum absolute atomic E-state index is 12.2. The third kappa shape index (κ3) is 4.86. The molecule has 0 aliphatic rings. The van der Waals surface area contributed by atoms with Gasteiger partial charge in [-0.2, -0.15) is 0 Å². The van der Waals surface area contributed by atoms with E-state index in [1.807, 2.05) is 24.3 Å². The van der Waals surface area contributed by atoms with Crippen LogP contribution in [0.5, 0.6) is 11.5 Å². The Bertz CT molecular complexity index is 907. The van der Waals surface area contributed by atoms with Crippen LogP contribution in [0.3, 0.4) is 0 Å². The van der Waals surface area contributed by atoms with E-state index in [4.69, 9.17) is 9.47 Å². The van der Waals surface area contributed by atoms with Gasteiger partial charge in [0.15, 0.2) is 0 Å². The average molecular weight is 382 g/mol. The summed E-state index contributed by atoms with van der Waals surface area (Å²) < 4.78 is 11.7. The zero-order chi connectivity index (χ0) is 19.9. The van der Waals surface area contributed by atoms with E-state index in [0.29, 0.717) is 12.3 Å². The van der Waals surface area contributed by atoms with E-state index in [2.05, 4.69) is 15.4 Å². The van der Waals surface area contributed by atoms with Crippen LogP contribution in [0, 0.1) is 0 Å². The predicted molar refractivity (Wildman–Crippen MR) is 102 cm³/mol. The number of carbonyl (C=O) groups excluding carboxylic acids is 1. The second-order valence-corrected chi connectivity index (χ2v) is 6.11. The summed E-state index contributed by atoms with van der Waals surface area (Å²) in [5.41, 5.74) is 1.66. The summed E-state index contributed by atoms with van der Waals surface area (Å²) in [6.07, 6.45) is 0.650. The second-order valence-electron chi connectivity index (χ2n) is 6.11. The molecular formula is C20H22N4O4. The quantitative estimate of drug-likeness (QED) is 0.618. The first-order chi connectivity index (χ1) is 13.6. The van der Waals surface area contributed by atoms with Crippen molar-refractivity contribution in [3.05, 3.63) is 71.8 Å². The third-order valence-corrected chi connectivity index (χ3v) is 4.21. The Kier molecular flexibility index (Phi) is 6.23. The van der Waals surface area contributed by atoms with Crippen molar-refractivity contribution in [2.75, 3.05) is 14.2 Å². The molecule has 1 amide bonds. The molecule has 8 heteroatoms. The number of rotatable bonds is 8. The molecule has 0 aliphatic heterocycles. The van der Waals surface area contributed by atoms with Crippen molar-refractivity contribution in [2.24, 2.45) is 0 Å². The number of carbonyl (C=O) groups is 1. The number of ether oxygens (including phenoxy) is 2. The highest BCUT2D eigenvalue weighted by atomic mass is 16.5. The van der Waals surface area contributed by atoms with E-state index in [0.717, 1.165) is 16.9 Å². The van der Waals surface area contributed by atoms with Crippen LogP contribution in [0.2, 0.25) is 0 Å². The fraction of sp³-hybridized carbons (Fsp3) is 0.250. The number of amides is 1. The van der Waals surface area contributed by atoms with Crippen LogP contribution < -0.4 is 14.8 Å². The number of nitrogens with zero attached hydrogens (tertiary/aromatic N) is 3. The van der Waals surface area contributed by atoms with Crippen molar-refractivity contribution < 1.29 is 19.4 Å². The van der Waals surface area contributed by atoms with Gasteiger partial charge in [0, 0.05) is 6.54 Å². The summed E-state index contributed by atoms with van der Waals surface area (Å²) in [4.78, 5) is 16.2. The molecule has 146 valence electrons. The standard InChI is InChI=1S/C20H22N4O4/c1-27-16-7-3-14(4-8-16)11-21-20(26)19-22-13-24(23-19)12-18(25)15-5-9-17(28-2)10-6-15/h3-10,13,18,25H,11-12H2,1-2H3,(H,21,26). The molecule has 0 saturated heterocycles. The van der Waals surface area contributed by atoms with E-state index in [9.17, 15) is 9.90 Å². The van der Waals surface area contributed by atoms with Gasteiger partial charge in [-0.3, -0.25) is 4.79 Å². The van der Waals surface area contributed by atoms with Gasteiger partial charge in [-0.15, -0.1) is 5.10 Å². The lowest BCUT2D eigenvalue weighted by Crippen LogP contribution is -2.24. The smallest absolute Gasteiger partial charge is 0.291 e. The number of methoxy groups -OCH3 is 2. The van der Waals surface area contributed by atoms with Crippen LogP contribution in [0.15, 0.2) is 54.9 Å². The molecule has 1 heterocycles. The van der Waals surface area contributed by atoms with E-state index < -0.39 is 6.10 Å². The van der Waals surface area contributed by atoms with Gasteiger partial charge >= 0.3 is 0 Å². The predicted octanol–water partition coefficient (Wildman–Crippen LogP) is 1.96. The molecule has 1 aromatic heterocycles. The largest absolute Gasteiger partial charge is 0.497 e. The van der Waals surface area contributed by atoms with Crippen molar-refractivity contribution in [2.45, 2.75) is 19.2 Å². The summed E-state index contributed by atoms with van der Waals surface area (Å²) >= 11 is 0. The monoisotopic (exact) mass is 382 g/mol. The SMILES string of the molecule is COc1ccc(CNC(=O)c2ncn(CC(O)c3ccc(OC)cc3)n2)cc1. The normalized spacial score (nSPS) is 11.7. The van der Waals surface area contributed by atoms with Crippen molar-refractivity contribution in [1.29, 1.82) is 0 Å². The minimum Gasteiger partial charge on any atom is -0.497 e. The van der Waals surface area contributed by atoms with Crippen molar-refractivity contribution in [3.63, 3.8) is 0 Å². The molecule has 1 unspecified atom stereocenters. The number of nitrogens with one attached hydrogen (secondary N) is 1. The summed E-state index contributed by atoms with van der Waals surface area (Å²) in [5, 5.41) is 17.2. The maximum atomic E-state index is 12.2. The average Bonchev–Trinajstić information content (AvgIpc) is 3.21. The molecule has 0 radical (unpaired) electrons. The molecule has 3 rings (SSSR count). The number of hydrogen-bond acceptors (Lipinski definition) is 6. The van der Waals surface area contributed by atoms with Gasteiger partial charge in [-0.25, -0.2) is 9.67 Å². The minimum absolute atomic E-state index is 0.0513. The van der Waals surface area contributed by atoms with E-state index >= 15 is 0 Å². The van der Waals surface area contributed by atoms with Gasteiger partial charge in [-0.1, -0.05) is 24.3 Å². The number of aliphatic hydroxyl groups excluding tert-OH is 1. The Morgan fingerprint density at radius 1 is 1.07 bits per heavy atom. The van der Waals surface area contributed by atoms with Gasteiger partial charge in [0.25, 0.3) is 5.91 Å². The lowest BCUT2D eigenvalue weighted by atomic mass is 10.1. The summed E-state index contributed by atoms with van der Waals surface area (Å²) in [6, 6.07) is 14.5. The fourth-order valence-corrected chi connectivity index (χ4v) is 2.60. The molecular weight excluding hydrogens is 360 g/mol. The van der Waals surface area contributed by atoms with E-state index in [-0.39, 0.29) is 18.3 Å². The van der Waals surface area contributed by atoms with Crippen molar-refractivity contribution in [1.82, 2.24) is 20.1 Å². The Morgan fingerprint density at radius 3 is 2.29 bits per heavy atom. The molecule has 8 nitrogen and oxygen atoms in total. The molecule has 28 heavy (non-hydrogen) atoms. The van der Waals surface area contributed by atoms with Crippen molar-refractivity contribution in [3.8, 4) is 11.5 Å². The number of benzene rings is 2. The van der Waals surface area contributed by atoms with Crippen LogP contribution in [-0.2, 0) is 13.1 Å². The Morgan fingerprint density at radius 2 is 1.68 bits per heavy atom. The summed E-state index contributed by atoms with van der Waals surface area (Å²) in [6.45, 7) is 0.539. The first-order valence-electron chi connectivity index (χ1n) is 8.71. The van der Waals surface area contributed by atoms with Gasteiger partial charge in [0.05, 0.1) is 26.9 Å². The van der Waals surface area contributed by atoms with Gasteiger partial charge in [-0.05, 0) is 35.4 Å². The number of aliphatic hydroxyl groups is 1. The minimum atomic E-state index is -0.775. The van der Waals surface area contributed by atoms with Crippen molar-refractivity contribution >= 4 is 5.91 Å². The van der Waals surface area contributed by atoms with Crippen LogP contribution in [0.25, 0.3) is 0 Å². The molecule has 1 atom stereocenters. The molecule has 0 bridgehead atoms. The van der Waals surface area contributed by atoms with Crippen LogP contribution in [0.1, 0.15) is 27.8 Å². The molecule has 0 saturated carbocycles. The lowest BCUT2D eigenvalue weighted by molar-refractivity contribution is 0.0938. The molecule has 0 aliphatic carbocycles. The molecule has 2 N–H and O–H groups in total. The van der Waals surface area contributed by atoms with E-state index in [1.165, 1.54) is 11.0 Å². The maximum Gasteiger partial charge on any atom is 0.291 e. The first-order valence-corrected chi connectivity index (χ1v) is 8.71. The molecule has 3 aromatic rings. The van der Waals surface area contributed by atoms with Gasteiger partial charge in [0.2, 0.25) is 5.82 Å². The Balaban J connectivity index is 1.55. The molecule has 0 spiro atoms.